The normalized spacial score (nSPS) is 21.6. The minimum atomic E-state index is -0.474. The number of morpholine rings is 1. The fourth-order valence-electron chi connectivity index (χ4n) is 3.06. The largest absolute Gasteiger partial charge is 0.378 e. The van der Waals surface area contributed by atoms with Gasteiger partial charge in [0.1, 0.15) is 16.7 Å². The zero-order valence-electron chi connectivity index (χ0n) is 14.7. The van der Waals surface area contributed by atoms with Gasteiger partial charge in [-0.05, 0) is 14.1 Å². The fraction of sp³-hybridized carbons (Fsp3) is 0.688. The van der Waals surface area contributed by atoms with Gasteiger partial charge in [0, 0.05) is 44.6 Å². The molecule has 25 heavy (non-hydrogen) atoms. The summed E-state index contributed by atoms with van der Waals surface area (Å²) in [4.78, 5) is 35.7. The third-order valence-corrected chi connectivity index (χ3v) is 5.17. The molecule has 0 spiro atoms. The molecule has 3 rings (SSSR count). The molecule has 2 aliphatic heterocycles. The first kappa shape index (κ1) is 18.2. The van der Waals surface area contributed by atoms with Gasteiger partial charge in [-0.2, -0.15) is 0 Å². The quantitative estimate of drug-likeness (QED) is 0.772. The summed E-state index contributed by atoms with van der Waals surface area (Å²) in [5.41, 5.74) is 0.434. The van der Waals surface area contributed by atoms with Gasteiger partial charge in [-0.3, -0.25) is 9.59 Å². The Morgan fingerprint density at radius 1 is 1.36 bits per heavy atom. The fourth-order valence-corrected chi connectivity index (χ4v) is 3.95. The van der Waals surface area contributed by atoms with Crippen molar-refractivity contribution < 1.29 is 14.3 Å². The number of ether oxygens (including phenoxy) is 1. The van der Waals surface area contributed by atoms with Crippen LogP contribution in [0.5, 0.6) is 0 Å². The van der Waals surface area contributed by atoms with Crippen LogP contribution in [0.25, 0.3) is 0 Å². The molecule has 1 aromatic heterocycles. The summed E-state index contributed by atoms with van der Waals surface area (Å²) in [6, 6.07) is -0.474. The number of thiazole rings is 1. The summed E-state index contributed by atoms with van der Waals surface area (Å²) in [7, 11) is 3.94. The van der Waals surface area contributed by atoms with Crippen molar-refractivity contribution in [1.82, 2.24) is 25.0 Å². The molecule has 0 aromatic carbocycles. The van der Waals surface area contributed by atoms with Crippen LogP contribution < -0.4 is 5.32 Å². The van der Waals surface area contributed by atoms with Crippen LogP contribution in [0.1, 0.15) is 15.5 Å². The highest BCUT2D eigenvalue weighted by atomic mass is 32.1. The molecule has 2 aliphatic rings. The Morgan fingerprint density at radius 2 is 2.12 bits per heavy atom. The zero-order chi connectivity index (χ0) is 17.8. The Kier molecular flexibility index (Phi) is 6.00. The van der Waals surface area contributed by atoms with Gasteiger partial charge in [0.2, 0.25) is 5.91 Å². The first-order valence-electron chi connectivity index (χ1n) is 8.53. The molecule has 3 heterocycles. The first-order chi connectivity index (χ1) is 12.1. The van der Waals surface area contributed by atoms with Crippen LogP contribution in [-0.2, 0) is 16.1 Å². The molecule has 1 atom stereocenters. The number of carbonyl (C=O) groups is 2. The Balaban J connectivity index is 1.72. The molecule has 9 heteroatoms. The molecular weight excluding hydrogens is 342 g/mol. The van der Waals surface area contributed by atoms with Gasteiger partial charge in [0.05, 0.1) is 13.2 Å². The number of hydrogen-bond acceptors (Lipinski definition) is 7. The van der Waals surface area contributed by atoms with E-state index in [4.69, 9.17) is 4.74 Å². The smallest absolute Gasteiger partial charge is 0.274 e. The van der Waals surface area contributed by atoms with Crippen molar-refractivity contribution in [3.63, 3.8) is 0 Å². The van der Waals surface area contributed by atoms with Gasteiger partial charge in [0.15, 0.2) is 0 Å². The van der Waals surface area contributed by atoms with Gasteiger partial charge >= 0.3 is 0 Å². The highest BCUT2D eigenvalue weighted by Gasteiger charge is 2.36. The van der Waals surface area contributed by atoms with Crippen LogP contribution in [0.2, 0.25) is 0 Å². The van der Waals surface area contributed by atoms with Gasteiger partial charge < -0.3 is 24.8 Å². The number of hydrogen-bond donors (Lipinski definition) is 1. The minimum Gasteiger partial charge on any atom is -0.378 e. The Morgan fingerprint density at radius 3 is 2.84 bits per heavy atom. The first-order valence-corrected chi connectivity index (χ1v) is 9.41. The number of rotatable bonds is 4. The maximum Gasteiger partial charge on any atom is 0.274 e. The van der Waals surface area contributed by atoms with Crippen molar-refractivity contribution in [2.75, 3.05) is 60.0 Å². The van der Waals surface area contributed by atoms with Crippen LogP contribution in [0.4, 0.5) is 0 Å². The van der Waals surface area contributed by atoms with E-state index < -0.39 is 6.04 Å². The maximum absolute atomic E-state index is 12.9. The molecule has 1 unspecified atom stereocenters. The molecule has 0 bridgehead atoms. The van der Waals surface area contributed by atoms with E-state index in [2.05, 4.69) is 10.3 Å². The lowest BCUT2D eigenvalue weighted by molar-refractivity contribution is -0.140. The van der Waals surface area contributed by atoms with Crippen LogP contribution in [-0.4, -0.2) is 97.6 Å². The molecule has 1 aromatic rings. The number of piperazine rings is 1. The van der Waals surface area contributed by atoms with E-state index in [0.717, 1.165) is 5.01 Å². The molecule has 0 radical (unpaired) electrons. The number of aromatic nitrogens is 1. The summed E-state index contributed by atoms with van der Waals surface area (Å²) in [5, 5.41) is 5.92. The maximum atomic E-state index is 12.9. The van der Waals surface area contributed by atoms with E-state index in [-0.39, 0.29) is 11.8 Å². The lowest BCUT2D eigenvalue weighted by atomic mass is 10.1. The zero-order valence-corrected chi connectivity index (χ0v) is 15.5. The standard InChI is InChI=1S/C16H25N5O3S/c1-19(2)10-14-18-12(11-25-14)15(22)21-4-3-17-9-13(21)16(23)20-5-7-24-8-6-20/h11,13,17H,3-10H2,1-2H3. The molecule has 2 saturated heterocycles. The van der Waals surface area contributed by atoms with E-state index in [1.165, 1.54) is 11.3 Å². The van der Waals surface area contributed by atoms with E-state index >= 15 is 0 Å². The highest BCUT2D eigenvalue weighted by Crippen LogP contribution is 2.17. The van der Waals surface area contributed by atoms with Crippen molar-refractivity contribution >= 4 is 23.2 Å². The topological polar surface area (TPSA) is 78.0 Å². The van der Waals surface area contributed by atoms with E-state index in [0.29, 0.717) is 58.2 Å². The predicted octanol–water partition coefficient (Wildman–Crippen LogP) is -0.522. The van der Waals surface area contributed by atoms with Crippen molar-refractivity contribution in [3.8, 4) is 0 Å². The SMILES string of the molecule is CN(C)Cc1nc(C(=O)N2CCNCC2C(=O)N2CCOCC2)cs1. The summed E-state index contributed by atoms with van der Waals surface area (Å²) in [6.07, 6.45) is 0. The molecule has 2 fully saturated rings. The number of carbonyl (C=O) groups excluding carboxylic acids is 2. The van der Waals surface area contributed by atoms with E-state index in [1.54, 1.807) is 15.2 Å². The van der Waals surface area contributed by atoms with Gasteiger partial charge in [0.25, 0.3) is 5.91 Å². The van der Waals surface area contributed by atoms with E-state index in [9.17, 15) is 9.59 Å². The molecule has 8 nitrogen and oxygen atoms in total. The second-order valence-corrected chi connectivity index (χ2v) is 7.46. The van der Waals surface area contributed by atoms with Crippen LogP contribution in [0.15, 0.2) is 5.38 Å². The third-order valence-electron chi connectivity index (χ3n) is 4.33. The van der Waals surface area contributed by atoms with Crippen molar-refractivity contribution in [2.45, 2.75) is 12.6 Å². The Hall–Kier alpha value is -1.55. The van der Waals surface area contributed by atoms with Crippen molar-refractivity contribution in [1.29, 1.82) is 0 Å². The summed E-state index contributed by atoms with van der Waals surface area (Å²) < 4.78 is 5.31. The van der Waals surface area contributed by atoms with Crippen LogP contribution in [0.3, 0.4) is 0 Å². The molecular formula is C16H25N5O3S. The molecule has 1 N–H and O–H groups in total. The Labute approximate surface area is 151 Å². The predicted molar refractivity (Wildman–Crippen MR) is 94.6 cm³/mol. The molecule has 138 valence electrons. The van der Waals surface area contributed by atoms with Crippen molar-refractivity contribution in [3.05, 3.63) is 16.1 Å². The number of amides is 2. The molecule has 0 aliphatic carbocycles. The van der Waals surface area contributed by atoms with Gasteiger partial charge in [-0.1, -0.05) is 0 Å². The van der Waals surface area contributed by atoms with Crippen LogP contribution >= 0.6 is 11.3 Å². The third kappa shape index (κ3) is 4.35. The van der Waals surface area contributed by atoms with Gasteiger partial charge in [-0.25, -0.2) is 4.98 Å². The van der Waals surface area contributed by atoms with E-state index in [1.807, 2.05) is 19.0 Å². The summed E-state index contributed by atoms with van der Waals surface area (Å²) >= 11 is 1.48. The van der Waals surface area contributed by atoms with Crippen LogP contribution in [0, 0.1) is 0 Å². The second kappa shape index (κ2) is 8.22. The number of nitrogens with one attached hydrogen (secondary N) is 1. The van der Waals surface area contributed by atoms with Crippen molar-refractivity contribution in [2.24, 2.45) is 0 Å². The average Bonchev–Trinajstić information content (AvgIpc) is 3.09. The minimum absolute atomic E-state index is 0.00686. The average molecular weight is 367 g/mol. The van der Waals surface area contributed by atoms with Gasteiger partial charge in [-0.15, -0.1) is 11.3 Å². The highest BCUT2D eigenvalue weighted by molar-refractivity contribution is 7.09. The Bertz CT molecular complexity index is 615. The lowest BCUT2D eigenvalue weighted by Crippen LogP contribution is -2.61. The molecule has 0 saturated carbocycles. The monoisotopic (exact) mass is 367 g/mol. The lowest BCUT2D eigenvalue weighted by Gasteiger charge is -2.38. The second-order valence-electron chi connectivity index (χ2n) is 6.52. The number of nitrogens with zero attached hydrogens (tertiary/aromatic N) is 4. The summed E-state index contributed by atoms with van der Waals surface area (Å²) in [5.74, 6) is -0.165. The summed E-state index contributed by atoms with van der Waals surface area (Å²) in [6.45, 7) is 4.67. The molecule has 2 amide bonds.